The fourth-order valence-corrected chi connectivity index (χ4v) is 8.28. The molecule has 1 fully saturated rings. The van der Waals surface area contributed by atoms with Crippen LogP contribution in [0.5, 0.6) is 0 Å². The normalized spacial score (nSPS) is 19.4. The lowest BCUT2D eigenvalue weighted by Crippen LogP contribution is -2.68. The molecule has 2 atom stereocenters. The monoisotopic (exact) mass is 548 g/mol. The fourth-order valence-electron chi connectivity index (χ4n) is 4.48. The van der Waals surface area contributed by atoms with Crippen molar-refractivity contribution in [2.75, 3.05) is 5.75 Å². The van der Waals surface area contributed by atoms with E-state index in [0.717, 1.165) is 31.0 Å². The summed E-state index contributed by atoms with van der Waals surface area (Å²) in [5.74, 6) is 0.388. The van der Waals surface area contributed by atoms with E-state index in [0.29, 0.717) is 11.4 Å². The Balaban J connectivity index is 1.46. The third-order valence-electron chi connectivity index (χ3n) is 6.26. The molecule has 1 amide bonds. The zero-order chi connectivity index (χ0) is 24.8. The molecule has 0 spiro atoms. The zero-order valence-electron chi connectivity index (χ0n) is 18.8. The predicted molar refractivity (Wildman–Crippen MR) is 152 cm³/mol. The number of carbonyl (C=O) groups is 1. The van der Waals surface area contributed by atoms with E-state index in [2.05, 4.69) is 0 Å². The average Bonchev–Trinajstić information content (AvgIpc) is 3.41. The number of amides is 1. The largest absolute Gasteiger partial charge is 0.469 e. The van der Waals surface area contributed by atoms with Crippen LogP contribution < -0.4 is 11.2 Å². The van der Waals surface area contributed by atoms with Crippen molar-refractivity contribution < 1.29 is 9.53 Å². The summed E-state index contributed by atoms with van der Waals surface area (Å²) >= 11 is 10.5. The number of rotatable bonds is 5. The highest BCUT2D eigenvalue weighted by Gasteiger charge is 2.51. The first-order chi connectivity index (χ1) is 17.5. The summed E-state index contributed by atoms with van der Waals surface area (Å²) in [5, 5.41) is 1.94. The SMILES string of the molecule is N[C@@H]1C(=O)N2C(C(=S)OC(c3ccccc3)c3ccccc3)=C(c3cc(=O)c4sccc4s3)CS[C@H]12. The van der Waals surface area contributed by atoms with Gasteiger partial charge in [0.2, 0.25) is 11.0 Å². The van der Waals surface area contributed by atoms with Crippen molar-refractivity contribution in [3.63, 3.8) is 0 Å². The fraction of sp³-hybridized carbons (Fsp3) is 0.148. The van der Waals surface area contributed by atoms with E-state index in [-0.39, 0.29) is 21.8 Å². The lowest BCUT2D eigenvalue weighted by molar-refractivity contribution is -0.140. The number of ether oxygens (including phenoxy) is 1. The summed E-state index contributed by atoms with van der Waals surface area (Å²) in [5.41, 5.74) is 9.37. The molecule has 0 unspecified atom stereocenters. The molecule has 9 heteroatoms. The van der Waals surface area contributed by atoms with Crippen LogP contribution >= 0.6 is 46.7 Å². The van der Waals surface area contributed by atoms with Gasteiger partial charge in [0, 0.05) is 27.0 Å². The highest BCUT2D eigenvalue weighted by atomic mass is 32.2. The highest BCUT2D eigenvalue weighted by Crippen LogP contribution is 2.45. The number of thiocarbonyl (C=S) groups is 1. The molecule has 2 aliphatic rings. The molecule has 2 aromatic heterocycles. The summed E-state index contributed by atoms with van der Waals surface area (Å²) < 4.78 is 8.17. The number of carbonyl (C=O) groups excluding carboxylic acids is 1. The van der Waals surface area contributed by atoms with Gasteiger partial charge in [0.1, 0.15) is 23.2 Å². The van der Waals surface area contributed by atoms with Gasteiger partial charge in [0.05, 0.1) is 4.70 Å². The average molecular weight is 549 g/mol. The van der Waals surface area contributed by atoms with Crippen LogP contribution in [-0.2, 0) is 9.53 Å². The van der Waals surface area contributed by atoms with E-state index in [1.165, 1.54) is 22.7 Å². The maximum Gasteiger partial charge on any atom is 0.248 e. The summed E-state index contributed by atoms with van der Waals surface area (Å²) in [4.78, 5) is 28.2. The van der Waals surface area contributed by atoms with Crippen molar-refractivity contribution in [2.24, 2.45) is 5.73 Å². The second kappa shape index (κ2) is 9.57. The Morgan fingerprint density at radius 3 is 2.36 bits per heavy atom. The standard InChI is InChI=1S/C27H20N2O3S4/c28-21-25(31)29-22(17(14-35-26(21)29)20-13-18(30)24-19(36-20)11-12-34-24)27(33)32-23(15-7-3-1-4-8-15)16-9-5-2-6-10-16/h1-13,21,23,26H,14,28H2/t21-,26-/m1/s1. The van der Waals surface area contributed by atoms with Crippen molar-refractivity contribution in [1.82, 2.24) is 4.90 Å². The van der Waals surface area contributed by atoms with Crippen LogP contribution in [-0.4, -0.2) is 33.0 Å². The topological polar surface area (TPSA) is 72.6 Å². The molecule has 0 saturated carbocycles. The number of nitrogens with two attached hydrogens (primary N) is 1. The van der Waals surface area contributed by atoms with Gasteiger partial charge in [-0.1, -0.05) is 60.7 Å². The first-order valence-electron chi connectivity index (χ1n) is 11.3. The molecule has 2 aromatic carbocycles. The molecule has 4 heterocycles. The summed E-state index contributed by atoms with van der Waals surface area (Å²) in [7, 11) is 0. The van der Waals surface area contributed by atoms with Crippen LogP contribution in [0, 0.1) is 0 Å². The number of hydrogen-bond acceptors (Lipinski definition) is 8. The molecule has 2 aliphatic heterocycles. The predicted octanol–water partition coefficient (Wildman–Crippen LogP) is 5.41. The summed E-state index contributed by atoms with van der Waals surface area (Å²) in [6, 6.07) is 22.8. The van der Waals surface area contributed by atoms with Crippen LogP contribution in [0.4, 0.5) is 0 Å². The van der Waals surface area contributed by atoms with E-state index in [4.69, 9.17) is 22.7 Å². The van der Waals surface area contributed by atoms with Crippen molar-refractivity contribution in [1.29, 1.82) is 0 Å². The molecule has 0 radical (unpaired) electrons. The van der Waals surface area contributed by atoms with Gasteiger partial charge in [-0.3, -0.25) is 14.5 Å². The van der Waals surface area contributed by atoms with Gasteiger partial charge in [-0.25, -0.2) is 0 Å². The Morgan fingerprint density at radius 1 is 1.03 bits per heavy atom. The smallest absolute Gasteiger partial charge is 0.248 e. The van der Waals surface area contributed by atoms with Gasteiger partial charge in [-0.2, -0.15) is 0 Å². The number of hydrogen-bond donors (Lipinski definition) is 1. The third kappa shape index (κ3) is 4.01. The summed E-state index contributed by atoms with van der Waals surface area (Å²) in [6.07, 6.45) is -0.454. The Labute approximate surface area is 225 Å². The van der Waals surface area contributed by atoms with E-state index in [1.807, 2.05) is 72.1 Å². The number of thiophene rings is 1. The Bertz CT molecular complexity index is 1520. The molecular formula is C27H20N2O3S4. The van der Waals surface area contributed by atoms with Gasteiger partial charge >= 0.3 is 0 Å². The Hall–Kier alpha value is -2.82. The molecule has 36 heavy (non-hydrogen) atoms. The molecule has 2 N–H and O–H groups in total. The van der Waals surface area contributed by atoms with Crippen molar-refractivity contribution in [3.8, 4) is 0 Å². The minimum Gasteiger partial charge on any atom is -0.469 e. The third-order valence-corrected chi connectivity index (χ3v) is 10.1. The highest BCUT2D eigenvalue weighted by molar-refractivity contribution is 8.00. The first-order valence-corrected chi connectivity index (χ1v) is 14.4. The number of nitrogens with zero attached hydrogens (tertiary/aromatic N) is 1. The Kier molecular flexibility index (Phi) is 6.27. The van der Waals surface area contributed by atoms with Gasteiger partial charge in [0.15, 0.2) is 5.43 Å². The first kappa shape index (κ1) is 23.6. The quantitative estimate of drug-likeness (QED) is 0.266. The second-order valence-corrected chi connectivity index (χ2v) is 11.9. The molecule has 6 rings (SSSR count). The van der Waals surface area contributed by atoms with Gasteiger partial charge < -0.3 is 10.5 Å². The van der Waals surface area contributed by atoms with E-state index < -0.39 is 12.1 Å². The number of thioether (sulfide) groups is 1. The number of β-lactam (4-membered cyclic amide) rings is 1. The van der Waals surface area contributed by atoms with Gasteiger partial charge in [0.25, 0.3) is 0 Å². The van der Waals surface area contributed by atoms with E-state index in [9.17, 15) is 9.59 Å². The van der Waals surface area contributed by atoms with Crippen LogP contribution in [0.1, 0.15) is 22.1 Å². The van der Waals surface area contributed by atoms with Crippen LogP contribution in [0.25, 0.3) is 15.0 Å². The maximum absolute atomic E-state index is 12.9. The van der Waals surface area contributed by atoms with Crippen molar-refractivity contribution in [2.45, 2.75) is 17.5 Å². The van der Waals surface area contributed by atoms with E-state index >= 15 is 0 Å². The molecule has 1 saturated heterocycles. The minimum atomic E-state index is -0.577. The van der Waals surface area contributed by atoms with Crippen LogP contribution in [0.3, 0.4) is 0 Å². The molecule has 5 nitrogen and oxygen atoms in total. The van der Waals surface area contributed by atoms with Gasteiger partial charge in [-0.15, -0.1) is 34.4 Å². The van der Waals surface area contributed by atoms with Gasteiger partial charge in [-0.05, 0) is 34.8 Å². The molecule has 0 bridgehead atoms. The van der Waals surface area contributed by atoms with Crippen LogP contribution in [0.2, 0.25) is 0 Å². The molecular weight excluding hydrogens is 529 g/mol. The van der Waals surface area contributed by atoms with E-state index in [1.54, 1.807) is 22.7 Å². The second-order valence-electron chi connectivity index (χ2n) is 8.46. The zero-order valence-corrected chi connectivity index (χ0v) is 22.1. The maximum atomic E-state index is 12.9. The molecule has 180 valence electrons. The number of benzene rings is 2. The number of fused-ring (bicyclic) bond motifs is 2. The van der Waals surface area contributed by atoms with Crippen molar-refractivity contribution >= 4 is 72.6 Å². The van der Waals surface area contributed by atoms with Crippen LogP contribution in [0.15, 0.2) is 88.7 Å². The molecule has 4 aromatic rings. The summed E-state index contributed by atoms with van der Waals surface area (Å²) in [6.45, 7) is 0. The molecule has 0 aliphatic carbocycles. The minimum absolute atomic E-state index is 0.0300. The van der Waals surface area contributed by atoms with Crippen molar-refractivity contribution in [3.05, 3.63) is 110 Å². The Morgan fingerprint density at radius 2 is 1.69 bits per heavy atom. The lowest BCUT2D eigenvalue weighted by Gasteiger charge is -2.49. The lowest BCUT2D eigenvalue weighted by atomic mass is 10.0.